The highest BCUT2D eigenvalue weighted by Crippen LogP contribution is 2.33. The molecule has 1 aliphatic rings. The number of halogens is 4. The van der Waals surface area contributed by atoms with Crippen molar-refractivity contribution in [1.29, 1.82) is 0 Å². The van der Waals surface area contributed by atoms with Crippen LogP contribution in [0.4, 0.5) is 18.9 Å². The normalized spacial score (nSPS) is 15.1. The summed E-state index contributed by atoms with van der Waals surface area (Å²) in [6, 6.07) is 11.7. The number of hydrogen-bond acceptors (Lipinski definition) is 3. The van der Waals surface area contributed by atoms with Gasteiger partial charge in [-0.3, -0.25) is 4.79 Å². The topological polar surface area (TPSA) is 59.0 Å². The summed E-state index contributed by atoms with van der Waals surface area (Å²) in [4.78, 5) is 13.1. The molecule has 1 saturated heterocycles. The summed E-state index contributed by atoms with van der Waals surface area (Å²) < 4.78 is 40.8. The van der Waals surface area contributed by atoms with Crippen LogP contribution in [0.25, 0.3) is 5.69 Å². The summed E-state index contributed by atoms with van der Waals surface area (Å²) >= 11 is 6.00. The average Bonchev–Trinajstić information content (AvgIpc) is 3.20. The summed E-state index contributed by atoms with van der Waals surface area (Å²) in [5, 5.41) is 10.9. The molecule has 2 aromatic carbocycles. The molecule has 0 spiro atoms. The monoisotopic (exact) mass is 448 g/mol. The molecule has 162 valence electrons. The molecule has 0 bridgehead atoms. The number of amides is 1. The summed E-state index contributed by atoms with van der Waals surface area (Å²) in [6.45, 7) is 1.62. The zero-order valence-corrected chi connectivity index (χ0v) is 17.2. The highest BCUT2D eigenvalue weighted by atomic mass is 35.5. The Morgan fingerprint density at radius 1 is 1.13 bits per heavy atom. The first-order chi connectivity index (χ1) is 14.8. The number of piperidine rings is 1. The Morgan fingerprint density at radius 2 is 1.84 bits per heavy atom. The minimum atomic E-state index is -4.49. The van der Waals surface area contributed by atoms with E-state index in [-0.39, 0.29) is 11.6 Å². The van der Waals surface area contributed by atoms with E-state index in [0.29, 0.717) is 10.6 Å². The van der Waals surface area contributed by atoms with Crippen LogP contribution in [-0.4, -0.2) is 28.8 Å². The third-order valence-corrected chi connectivity index (χ3v) is 5.55. The number of alkyl halides is 3. The number of nitrogens with zero attached hydrogens (tertiary/aromatic N) is 2. The second kappa shape index (κ2) is 8.72. The van der Waals surface area contributed by atoms with E-state index in [9.17, 15) is 18.0 Å². The molecular formula is C22H20ClF3N4O. The van der Waals surface area contributed by atoms with Crippen molar-refractivity contribution < 1.29 is 18.0 Å². The van der Waals surface area contributed by atoms with Gasteiger partial charge in [-0.25, -0.2) is 4.68 Å². The fraction of sp³-hybridized carbons (Fsp3) is 0.273. The molecule has 2 heterocycles. The van der Waals surface area contributed by atoms with E-state index in [2.05, 4.69) is 15.7 Å². The fourth-order valence-corrected chi connectivity index (χ4v) is 3.91. The third-order valence-electron chi connectivity index (χ3n) is 5.30. The first-order valence-corrected chi connectivity index (χ1v) is 10.2. The van der Waals surface area contributed by atoms with Crippen LogP contribution in [0.15, 0.2) is 54.7 Å². The lowest BCUT2D eigenvalue weighted by molar-refractivity contribution is -0.137. The molecule has 1 aromatic heterocycles. The Kier molecular flexibility index (Phi) is 6.02. The lowest BCUT2D eigenvalue weighted by Gasteiger charge is -2.24. The summed E-state index contributed by atoms with van der Waals surface area (Å²) in [5.41, 5.74) is 1.11. The zero-order chi connectivity index (χ0) is 22.0. The summed E-state index contributed by atoms with van der Waals surface area (Å²) in [5.74, 6) is -0.408. The molecule has 0 radical (unpaired) electrons. The van der Waals surface area contributed by atoms with Gasteiger partial charge in [-0.05, 0) is 68.4 Å². The standard InChI is InChI=1S/C22H20ClF3N4O/c23-16-4-6-18(7-5-16)30-20(14-8-10-27-11-9-14)19(13-28-30)21(31)29-17-3-1-2-15(12-17)22(24,25)26/h1-7,12-14,27H,8-11H2,(H,29,31). The van der Waals surface area contributed by atoms with Crippen molar-refractivity contribution in [2.45, 2.75) is 24.9 Å². The molecule has 31 heavy (non-hydrogen) atoms. The van der Waals surface area contributed by atoms with Gasteiger partial charge in [-0.2, -0.15) is 18.3 Å². The van der Waals surface area contributed by atoms with Crippen molar-refractivity contribution in [3.8, 4) is 5.69 Å². The summed E-state index contributed by atoms with van der Waals surface area (Å²) in [7, 11) is 0. The van der Waals surface area contributed by atoms with Crippen molar-refractivity contribution in [2.75, 3.05) is 18.4 Å². The molecule has 2 N–H and O–H groups in total. The largest absolute Gasteiger partial charge is 0.416 e. The number of benzene rings is 2. The lowest BCUT2D eigenvalue weighted by atomic mass is 9.91. The molecule has 3 aromatic rings. The maximum atomic E-state index is 13.1. The van der Waals surface area contributed by atoms with E-state index < -0.39 is 17.6 Å². The predicted molar refractivity (Wildman–Crippen MR) is 113 cm³/mol. The van der Waals surface area contributed by atoms with Crippen molar-refractivity contribution >= 4 is 23.2 Å². The van der Waals surface area contributed by atoms with Gasteiger partial charge in [0, 0.05) is 16.6 Å². The van der Waals surface area contributed by atoms with Gasteiger partial charge in [-0.15, -0.1) is 0 Å². The van der Waals surface area contributed by atoms with Gasteiger partial charge in [0.2, 0.25) is 0 Å². The fourth-order valence-electron chi connectivity index (χ4n) is 3.78. The molecule has 1 aliphatic heterocycles. The number of nitrogens with one attached hydrogen (secondary N) is 2. The van der Waals surface area contributed by atoms with E-state index in [0.717, 1.165) is 49.4 Å². The van der Waals surface area contributed by atoms with Crippen LogP contribution in [0.3, 0.4) is 0 Å². The second-order valence-electron chi connectivity index (χ2n) is 7.39. The number of anilines is 1. The Labute approximate surface area is 182 Å². The van der Waals surface area contributed by atoms with Gasteiger partial charge < -0.3 is 10.6 Å². The van der Waals surface area contributed by atoms with Crippen LogP contribution in [0.2, 0.25) is 5.02 Å². The molecule has 1 amide bonds. The molecule has 0 unspecified atom stereocenters. The molecule has 0 atom stereocenters. The van der Waals surface area contributed by atoms with Crippen molar-refractivity contribution in [3.05, 3.63) is 76.6 Å². The SMILES string of the molecule is O=C(Nc1cccc(C(F)(F)F)c1)c1cnn(-c2ccc(Cl)cc2)c1C1CCNCC1. The van der Waals surface area contributed by atoms with Crippen molar-refractivity contribution in [2.24, 2.45) is 0 Å². The zero-order valence-electron chi connectivity index (χ0n) is 16.4. The van der Waals surface area contributed by atoms with Gasteiger partial charge in [0.05, 0.1) is 28.7 Å². The molecule has 5 nitrogen and oxygen atoms in total. The van der Waals surface area contributed by atoms with Crippen LogP contribution in [0.1, 0.15) is 40.4 Å². The van der Waals surface area contributed by atoms with Crippen LogP contribution in [0, 0.1) is 0 Å². The van der Waals surface area contributed by atoms with Gasteiger partial charge >= 0.3 is 6.18 Å². The molecule has 1 fully saturated rings. The van der Waals surface area contributed by atoms with E-state index >= 15 is 0 Å². The summed E-state index contributed by atoms with van der Waals surface area (Å²) in [6.07, 6.45) is -1.37. The van der Waals surface area contributed by atoms with Crippen LogP contribution >= 0.6 is 11.6 Å². The Morgan fingerprint density at radius 3 is 2.52 bits per heavy atom. The first kappa shape index (κ1) is 21.4. The molecule has 9 heteroatoms. The maximum absolute atomic E-state index is 13.1. The number of carbonyl (C=O) groups is 1. The maximum Gasteiger partial charge on any atom is 0.416 e. The van der Waals surface area contributed by atoms with Crippen LogP contribution < -0.4 is 10.6 Å². The third kappa shape index (κ3) is 4.75. The van der Waals surface area contributed by atoms with Crippen molar-refractivity contribution in [1.82, 2.24) is 15.1 Å². The number of rotatable bonds is 4. The van der Waals surface area contributed by atoms with Gasteiger partial charge in [0.1, 0.15) is 0 Å². The average molecular weight is 449 g/mol. The van der Waals surface area contributed by atoms with E-state index in [4.69, 9.17) is 11.6 Å². The Bertz CT molecular complexity index is 1070. The van der Waals surface area contributed by atoms with Gasteiger partial charge in [0.25, 0.3) is 5.91 Å². The van der Waals surface area contributed by atoms with Gasteiger partial charge in [0.15, 0.2) is 0 Å². The van der Waals surface area contributed by atoms with Gasteiger partial charge in [-0.1, -0.05) is 17.7 Å². The molecule has 4 rings (SSSR count). The van der Waals surface area contributed by atoms with Crippen LogP contribution in [0.5, 0.6) is 0 Å². The molecular weight excluding hydrogens is 429 g/mol. The second-order valence-corrected chi connectivity index (χ2v) is 7.83. The Balaban J connectivity index is 1.69. The Hall–Kier alpha value is -2.84. The van der Waals surface area contributed by atoms with E-state index in [1.165, 1.54) is 18.3 Å². The van der Waals surface area contributed by atoms with Crippen molar-refractivity contribution in [3.63, 3.8) is 0 Å². The number of carbonyl (C=O) groups excluding carboxylic acids is 1. The highest BCUT2D eigenvalue weighted by Gasteiger charge is 2.31. The van der Waals surface area contributed by atoms with E-state index in [1.807, 2.05) is 12.1 Å². The van der Waals surface area contributed by atoms with E-state index in [1.54, 1.807) is 16.8 Å². The van der Waals surface area contributed by atoms with Crippen LogP contribution in [-0.2, 0) is 6.18 Å². The predicted octanol–water partition coefficient (Wildman–Crippen LogP) is 5.26. The number of hydrogen-bond donors (Lipinski definition) is 2. The molecule has 0 aliphatic carbocycles. The smallest absolute Gasteiger partial charge is 0.322 e. The first-order valence-electron chi connectivity index (χ1n) is 9.86. The minimum Gasteiger partial charge on any atom is -0.322 e. The highest BCUT2D eigenvalue weighted by molar-refractivity contribution is 6.30. The quantitative estimate of drug-likeness (QED) is 0.572. The minimum absolute atomic E-state index is 0.0790. The lowest BCUT2D eigenvalue weighted by Crippen LogP contribution is -2.29. The number of aromatic nitrogens is 2. The molecule has 0 saturated carbocycles.